The van der Waals surface area contributed by atoms with Crippen molar-refractivity contribution in [1.29, 1.82) is 0 Å². The Hall–Kier alpha value is -0.590. The summed E-state index contributed by atoms with van der Waals surface area (Å²) in [5.41, 5.74) is 2.04. The van der Waals surface area contributed by atoms with Gasteiger partial charge in [0.15, 0.2) is 0 Å². The van der Waals surface area contributed by atoms with Crippen molar-refractivity contribution < 1.29 is 4.79 Å². The fraction of sp³-hybridized carbons (Fsp3) is 0.750. The summed E-state index contributed by atoms with van der Waals surface area (Å²) in [6.45, 7) is 6.94. The zero-order valence-corrected chi connectivity index (χ0v) is 8.97. The number of allylic oxidation sites excluding steroid dienone is 2. The van der Waals surface area contributed by atoms with Crippen LogP contribution in [-0.4, -0.2) is 6.29 Å². The summed E-state index contributed by atoms with van der Waals surface area (Å²) in [6, 6.07) is 0. The number of carbonyl (C=O) groups is 1. The molecule has 0 aromatic heterocycles. The monoisotopic (exact) mass is 180 g/mol. The van der Waals surface area contributed by atoms with Crippen LogP contribution in [0.5, 0.6) is 0 Å². The van der Waals surface area contributed by atoms with Crippen molar-refractivity contribution >= 4 is 6.29 Å². The van der Waals surface area contributed by atoms with E-state index in [-0.39, 0.29) is 0 Å². The van der Waals surface area contributed by atoms with E-state index in [0.717, 1.165) is 18.6 Å². The molecule has 74 valence electrons. The Morgan fingerprint density at radius 1 is 1.46 bits per heavy atom. The minimum absolute atomic E-state index is 0.479. The van der Waals surface area contributed by atoms with E-state index in [0.29, 0.717) is 11.8 Å². The molecule has 0 N–H and O–H groups in total. The summed E-state index contributed by atoms with van der Waals surface area (Å²) in [5, 5.41) is 0. The van der Waals surface area contributed by atoms with Crippen LogP contribution in [0, 0.1) is 11.3 Å². The van der Waals surface area contributed by atoms with E-state index >= 15 is 0 Å². The van der Waals surface area contributed by atoms with E-state index in [1.54, 1.807) is 5.57 Å². The molecular weight excluding hydrogens is 160 g/mol. The molecule has 0 spiro atoms. The minimum Gasteiger partial charge on any atom is -0.303 e. The van der Waals surface area contributed by atoms with E-state index in [4.69, 9.17) is 0 Å². The Labute approximate surface area is 81.2 Å². The smallest absolute Gasteiger partial charge is 0.120 e. The molecule has 0 aromatic carbocycles. The molecule has 1 atom stereocenters. The fourth-order valence-electron chi connectivity index (χ4n) is 2.37. The number of rotatable bonds is 3. The topological polar surface area (TPSA) is 17.1 Å². The summed E-state index contributed by atoms with van der Waals surface area (Å²) in [7, 11) is 0. The third-order valence-electron chi connectivity index (χ3n) is 2.87. The quantitative estimate of drug-likeness (QED) is 0.370. The van der Waals surface area contributed by atoms with Crippen LogP contribution in [0.3, 0.4) is 0 Å². The maximum absolute atomic E-state index is 10.2. The highest BCUT2D eigenvalue weighted by Crippen LogP contribution is 2.44. The first-order valence-electron chi connectivity index (χ1n) is 5.18. The Morgan fingerprint density at radius 3 is 2.62 bits per heavy atom. The summed E-state index contributed by atoms with van der Waals surface area (Å²) in [5.74, 6) is 0.724. The fourth-order valence-corrected chi connectivity index (χ4v) is 2.37. The van der Waals surface area contributed by atoms with Crippen molar-refractivity contribution in [2.75, 3.05) is 0 Å². The summed E-state index contributed by atoms with van der Waals surface area (Å²) in [4.78, 5) is 10.2. The van der Waals surface area contributed by atoms with Gasteiger partial charge in [0.2, 0.25) is 0 Å². The predicted octanol–water partition coefficient (Wildman–Crippen LogP) is 3.35. The highest BCUT2D eigenvalue weighted by molar-refractivity contribution is 5.49. The average molecular weight is 180 g/mol. The second-order valence-electron chi connectivity index (χ2n) is 4.97. The Bertz CT molecular complexity index is 213. The molecule has 0 saturated heterocycles. The molecule has 0 radical (unpaired) electrons. The third kappa shape index (κ3) is 2.98. The van der Waals surface area contributed by atoms with Gasteiger partial charge in [0, 0.05) is 6.42 Å². The van der Waals surface area contributed by atoms with Gasteiger partial charge in [-0.25, -0.2) is 0 Å². The maximum Gasteiger partial charge on any atom is 0.120 e. The molecule has 0 aliphatic heterocycles. The Balaban J connectivity index is 2.51. The minimum atomic E-state index is 0.479. The summed E-state index contributed by atoms with van der Waals surface area (Å²) in [6.07, 6.45) is 7.39. The number of hydrogen-bond acceptors (Lipinski definition) is 1. The van der Waals surface area contributed by atoms with Gasteiger partial charge in [-0.3, -0.25) is 0 Å². The van der Waals surface area contributed by atoms with Crippen LogP contribution in [0.15, 0.2) is 11.6 Å². The van der Waals surface area contributed by atoms with Gasteiger partial charge in [0.05, 0.1) is 0 Å². The van der Waals surface area contributed by atoms with Gasteiger partial charge in [-0.05, 0) is 30.6 Å². The highest BCUT2D eigenvalue weighted by atomic mass is 16.1. The van der Waals surface area contributed by atoms with E-state index < -0.39 is 0 Å². The SMILES string of the molecule is CC1CC(C)(C)CC1=CCCC=O. The van der Waals surface area contributed by atoms with Gasteiger partial charge < -0.3 is 4.79 Å². The molecule has 0 amide bonds. The first-order valence-corrected chi connectivity index (χ1v) is 5.18. The lowest BCUT2D eigenvalue weighted by Gasteiger charge is -2.14. The number of unbranched alkanes of at least 4 members (excludes halogenated alkanes) is 1. The lowest BCUT2D eigenvalue weighted by atomic mass is 9.91. The van der Waals surface area contributed by atoms with Gasteiger partial charge in [-0.1, -0.05) is 32.4 Å². The van der Waals surface area contributed by atoms with E-state index in [2.05, 4.69) is 26.8 Å². The number of aldehydes is 1. The van der Waals surface area contributed by atoms with Gasteiger partial charge in [0.1, 0.15) is 6.29 Å². The third-order valence-corrected chi connectivity index (χ3v) is 2.87. The molecule has 1 rings (SSSR count). The van der Waals surface area contributed by atoms with Crippen LogP contribution < -0.4 is 0 Å². The van der Waals surface area contributed by atoms with Crippen molar-refractivity contribution in [2.24, 2.45) is 11.3 Å². The van der Waals surface area contributed by atoms with Crippen LogP contribution in [0.2, 0.25) is 0 Å². The predicted molar refractivity (Wildman–Crippen MR) is 55.6 cm³/mol. The van der Waals surface area contributed by atoms with Gasteiger partial charge in [-0.15, -0.1) is 0 Å². The molecule has 1 unspecified atom stereocenters. The lowest BCUT2D eigenvalue weighted by Crippen LogP contribution is -2.03. The second-order valence-corrected chi connectivity index (χ2v) is 4.97. The van der Waals surface area contributed by atoms with Crippen molar-refractivity contribution in [3.63, 3.8) is 0 Å². The summed E-state index contributed by atoms with van der Waals surface area (Å²) < 4.78 is 0. The maximum atomic E-state index is 10.2. The molecule has 1 aliphatic rings. The van der Waals surface area contributed by atoms with Crippen molar-refractivity contribution in [3.05, 3.63) is 11.6 Å². The molecular formula is C12H20O. The second kappa shape index (κ2) is 4.08. The molecule has 1 saturated carbocycles. The Kier molecular flexibility index (Phi) is 3.29. The molecule has 0 aromatic rings. The normalized spacial score (nSPS) is 29.5. The van der Waals surface area contributed by atoms with Crippen molar-refractivity contribution in [2.45, 2.75) is 46.5 Å². The first kappa shape index (κ1) is 10.5. The van der Waals surface area contributed by atoms with Gasteiger partial charge in [0.25, 0.3) is 0 Å². The largest absolute Gasteiger partial charge is 0.303 e. The van der Waals surface area contributed by atoms with Crippen LogP contribution in [0.25, 0.3) is 0 Å². The lowest BCUT2D eigenvalue weighted by molar-refractivity contribution is -0.107. The molecule has 1 nitrogen and oxygen atoms in total. The van der Waals surface area contributed by atoms with Crippen LogP contribution in [0.1, 0.15) is 46.5 Å². The van der Waals surface area contributed by atoms with Crippen LogP contribution in [-0.2, 0) is 4.79 Å². The molecule has 1 fully saturated rings. The number of carbonyl (C=O) groups excluding carboxylic acids is 1. The van der Waals surface area contributed by atoms with Gasteiger partial charge >= 0.3 is 0 Å². The molecule has 1 heteroatoms. The standard InChI is InChI=1S/C12H20O/c1-10-8-12(2,3)9-11(10)6-4-5-7-13/h6-7,10H,4-5,8-9H2,1-3H3. The van der Waals surface area contributed by atoms with E-state index in [1.165, 1.54) is 12.8 Å². The molecule has 0 heterocycles. The zero-order valence-electron chi connectivity index (χ0n) is 8.97. The van der Waals surface area contributed by atoms with Crippen LogP contribution >= 0.6 is 0 Å². The first-order chi connectivity index (χ1) is 6.05. The molecule has 1 aliphatic carbocycles. The number of hydrogen-bond donors (Lipinski definition) is 0. The van der Waals surface area contributed by atoms with Crippen LogP contribution in [0.4, 0.5) is 0 Å². The zero-order chi connectivity index (χ0) is 9.90. The molecule has 0 bridgehead atoms. The van der Waals surface area contributed by atoms with Crippen molar-refractivity contribution in [3.8, 4) is 0 Å². The van der Waals surface area contributed by atoms with Gasteiger partial charge in [-0.2, -0.15) is 0 Å². The molecule has 13 heavy (non-hydrogen) atoms. The summed E-state index contributed by atoms with van der Waals surface area (Å²) >= 11 is 0. The Morgan fingerprint density at radius 2 is 2.15 bits per heavy atom. The highest BCUT2D eigenvalue weighted by Gasteiger charge is 2.31. The van der Waals surface area contributed by atoms with E-state index in [1.807, 2.05) is 0 Å². The average Bonchev–Trinajstić information content (AvgIpc) is 2.25. The van der Waals surface area contributed by atoms with Crippen molar-refractivity contribution in [1.82, 2.24) is 0 Å². The van der Waals surface area contributed by atoms with E-state index in [9.17, 15) is 4.79 Å².